The van der Waals surface area contributed by atoms with Gasteiger partial charge in [0.2, 0.25) is 0 Å². The van der Waals surface area contributed by atoms with Gasteiger partial charge in [0.1, 0.15) is 17.4 Å². The highest BCUT2D eigenvalue weighted by Gasteiger charge is 2.12. The summed E-state index contributed by atoms with van der Waals surface area (Å²) in [5.74, 6) is 0.0779. The van der Waals surface area contributed by atoms with Crippen LogP contribution in [0.15, 0.2) is 54.1 Å². The van der Waals surface area contributed by atoms with E-state index in [1.807, 2.05) is 36.4 Å². The first kappa shape index (κ1) is 16.0. The molecule has 0 aromatic heterocycles. The number of nitriles is 1. The van der Waals surface area contributed by atoms with E-state index in [4.69, 9.17) is 4.74 Å². The van der Waals surface area contributed by atoms with Crippen LogP contribution in [0.25, 0.3) is 6.08 Å². The van der Waals surface area contributed by atoms with Crippen LogP contribution in [0.2, 0.25) is 0 Å². The van der Waals surface area contributed by atoms with E-state index in [1.54, 1.807) is 24.3 Å². The number of methoxy groups -OCH3 is 1. The van der Waals surface area contributed by atoms with Crippen molar-refractivity contribution in [1.29, 1.82) is 5.26 Å². The molecule has 1 amide bonds. The monoisotopic (exact) mass is 404 g/mol. The van der Waals surface area contributed by atoms with Crippen LogP contribution in [-0.4, -0.2) is 13.0 Å². The van der Waals surface area contributed by atoms with Crippen LogP contribution in [-0.2, 0) is 4.79 Å². The number of halogens is 1. The predicted molar refractivity (Wildman–Crippen MR) is 94.4 cm³/mol. The highest BCUT2D eigenvalue weighted by molar-refractivity contribution is 14.1. The molecule has 2 aromatic carbocycles. The number of hydrogen-bond donors (Lipinski definition) is 1. The zero-order chi connectivity index (χ0) is 15.9. The third-order valence-electron chi connectivity index (χ3n) is 2.93. The van der Waals surface area contributed by atoms with E-state index in [-0.39, 0.29) is 5.57 Å². The average Bonchev–Trinajstić information content (AvgIpc) is 2.54. The second-order valence-electron chi connectivity index (χ2n) is 4.35. The van der Waals surface area contributed by atoms with Gasteiger partial charge in [-0.3, -0.25) is 4.79 Å². The Kier molecular flexibility index (Phi) is 5.55. The first-order valence-electron chi connectivity index (χ1n) is 6.46. The van der Waals surface area contributed by atoms with Crippen molar-refractivity contribution in [1.82, 2.24) is 0 Å². The molecular weight excluding hydrogens is 391 g/mol. The fourth-order valence-electron chi connectivity index (χ4n) is 1.83. The van der Waals surface area contributed by atoms with Crippen molar-refractivity contribution in [2.75, 3.05) is 12.4 Å². The van der Waals surface area contributed by atoms with Crippen molar-refractivity contribution in [2.45, 2.75) is 0 Å². The lowest BCUT2D eigenvalue weighted by Crippen LogP contribution is -2.14. The maximum absolute atomic E-state index is 12.3. The molecule has 0 saturated heterocycles. The Balaban J connectivity index is 2.27. The summed E-state index contributed by atoms with van der Waals surface area (Å²) in [7, 11) is 1.53. The van der Waals surface area contributed by atoms with Crippen molar-refractivity contribution in [3.05, 3.63) is 63.2 Å². The van der Waals surface area contributed by atoms with Gasteiger partial charge in [-0.15, -0.1) is 0 Å². The zero-order valence-corrected chi connectivity index (χ0v) is 14.0. The number of carbonyl (C=O) groups excluding carboxylic acids is 1. The first-order chi connectivity index (χ1) is 10.7. The lowest BCUT2D eigenvalue weighted by molar-refractivity contribution is -0.112. The molecule has 0 aliphatic carbocycles. The van der Waals surface area contributed by atoms with Gasteiger partial charge in [0.05, 0.1) is 12.8 Å². The van der Waals surface area contributed by atoms with Crippen molar-refractivity contribution in [2.24, 2.45) is 0 Å². The molecule has 4 nitrogen and oxygen atoms in total. The molecule has 0 saturated carbocycles. The van der Waals surface area contributed by atoms with Crippen LogP contribution in [0.3, 0.4) is 0 Å². The fourth-order valence-corrected chi connectivity index (χ4v) is 2.38. The van der Waals surface area contributed by atoms with Gasteiger partial charge in [-0.25, -0.2) is 0 Å². The quantitative estimate of drug-likeness (QED) is 0.479. The number of anilines is 1. The summed E-state index contributed by atoms with van der Waals surface area (Å²) in [6, 6.07) is 16.5. The van der Waals surface area contributed by atoms with E-state index >= 15 is 0 Å². The summed E-state index contributed by atoms with van der Waals surface area (Å²) >= 11 is 2.16. The second kappa shape index (κ2) is 7.61. The number of nitrogens with one attached hydrogen (secondary N) is 1. The molecule has 0 unspecified atom stereocenters. The Hall–Kier alpha value is -2.33. The molecule has 2 aromatic rings. The summed E-state index contributed by atoms with van der Waals surface area (Å²) in [5, 5.41) is 11.9. The van der Waals surface area contributed by atoms with Gasteiger partial charge in [-0.2, -0.15) is 5.26 Å². The summed E-state index contributed by atoms with van der Waals surface area (Å²) in [4.78, 5) is 12.3. The lowest BCUT2D eigenvalue weighted by atomic mass is 10.1. The fraction of sp³-hybridized carbons (Fsp3) is 0.0588. The molecule has 0 bridgehead atoms. The molecular formula is C17H13IN2O2. The Labute approximate surface area is 142 Å². The third-order valence-corrected chi connectivity index (χ3v) is 3.91. The van der Waals surface area contributed by atoms with Crippen LogP contribution < -0.4 is 10.1 Å². The molecule has 110 valence electrons. The third kappa shape index (κ3) is 3.86. The Morgan fingerprint density at radius 3 is 2.59 bits per heavy atom. The predicted octanol–water partition coefficient (Wildman–Crippen LogP) is 3.85. The van der Waals surface area contributed by atoms with Crippen molar-refractivity contribution < 1.29 is 9.53 Å². The molecule has 1 N–H and O–H groups in total. The number of amides is 1. The molecule has 0 heterocycles. The van der Waals surface area contributed by atoms with Crippen molar-refractivity contribution in [3.8, 4) is 11.8 Å². The minimum Gasteiger partial charge on any atom is -0.495 e. The largest absolute Gasteiger partial charge is 0.495 e. The molecule has 0 atom stereocenters. The van der Waals surface area contributed by atoms with E-state index in [0.717, 1.165) is 9.13 Å². The molecule has 0 aliphatic rings. The number of benzene rings is 2. The maximum atomic E-state index is 12.3. The van der Waals surface area contributed by atoms with E-state index < -0.39 is 5.91 Å². The number of carbonyl (C=O) groups is 1. The molecule has 5 heteroatoms. The molecule has 0 spiro atoms. The van der Waals surface area contributed by atoms with Gasteiger partial charge in [0.25, 0.3) is 5.91 Å². The second-order valence-corrected chi connectivity index (χ2v) is 5.51. The van der Waals surface area contributed by atoms with Gasteiger partial charge >= 0.3 is 0 Å². The SMILES string of the molecule is COc1ccccc1NC(=O)/C(C#N)=C\c1ccccc1I. The topological polar surface area (TPSA) is 62.1 Å². The molecule has 0 aliphatic heterocycles. The number of rotatable bonds is 4. The smallest absolute Gasteiger partial charge is 0.266 e. The standard InChI is InChI=1S/C17H13IN2O2/c1-22-16-9-5-4-8-15(16)20-17(21)13(11-19)10-12-6-2-3-7-14(12)18/h2-10H,1H3,(H,20,21)/b13-10-. The summed E-state index contributed by atoms with van der Waals surface area (Å²) in [6.07, 6.45) is 1.58. The number of para-hydroxylation sites is 2. The van der Waals surface area contributed by atoms with E-state index in [2.05, 4.69) is 27.9 Å². The van der Waals surface area contributed by atoms with Crippen molar-refractivity contribution in [3.63, 3.8) is 0 Å². The summed E-state index contributed by atoms with van der Waals surface area (Å²) in [6.45, 7) is 0. The average molecular weight is 404 g/mol. The van der Waals surface area contributed by atoms with E-state index in [0.29, 0.717) is 11.4 Å². The van der Waals surface area contributed by atoms with Crippen LogP contribution in [0, 0.1) is 14.9 Å². The minimum atomic E-state index is -0.466. The van der Waals surface area contributed by atoms with Crippen LogP contribution in [0.4, 0.5) is 5.69 Å². The Morgan fingerprint density at radius 1 is 1.23 bits per heavy atom. The normalized spacial score (nSPS) is 10.7. The van der Waals surface area contributed by atoms with Crippen LogP contribution >= 0.6 is 22.6 Å². The van der Waals surface area contributed by atoms with Gasteiger partial charge in [-0.1, -0.05) is 30.3 Å². The van der Waals surface area contributed by atoms with Crippen molar-refractivity contribution >= 4 is 40.3 Å². The lowest BCUT2D eigenvalue weighted by Gasteiger charge is -2.09. The van der Waals surface area contributed by atoms with E-state index in [9.17, 15) is 10.1 Å². The van der Waals surface area contributed by atoms with Gasteiger partial charge in [0.15, 0.2) is 0 Å². The molecule has 0 radical (unpaired) electrons. The Morgan fingerprint density at radius 2 is 1.91 bits per heavy atom. The van der Waals surface area contributed by atoms with Gasteiger partial charge in [-0.05, 0) is 52.4 Å². The summed E-state index contributed by atoms with van der Waals surface area (Å²) < 4.78 is 6.15. The van der Waals surface area contributed by atoms with Gasteiger partial charge < -0.3 is 10.1 Å². The van der Waals surface area contributed by atoms with Crippen LogP contribution in [0.1, 0.15) is 5.56 Å². The Bertz CT molecular complexity index is 763. The number of nitrogens with zero attached hydrogens (tertiary/aromatic N) is 1. The highest BCUT2D eigenvalue weighted by atomic mass is 127. The zero-order valence-electron chi connectivity index (χ0n) is 11.8. The van der Waals surface area contributed by atoms with Gasteiger partial charge in [0, 0.05) is 3.57 Å². The van der Waals surface area contributed by atoms with E-state index in [1.165, 1.54) is 7.11 Å². The minimum absolute atomic E-state index is 0.0371. The highest BCUT2D eigenvalue weighted by Crippen LogP contribution is 2.24. The summed E-state index contributed by atoms with van der Waals surface area (Å²) in [5.41, 5.74) is 1.39. The maximum Gasteiger partial charge on any atom is 0.266 e. The molecule has 22 heavy (non-hydrogen) atoms. The molecule has 0 fully saturated rings. The van der Waals surface area contributed by atoms with Crippen LogP contribution in [0.5, 0.6) is 5.75 Å². The molecule has 2 rings (SSSR count). The first-order valence-corrected chi connectivity index (χ1v) is 7.54. The number of hydrogen-bond acceptors (Lipinski definition) is 3. The number of ether oxygens (including phenoxy) is 1.